The Kier molecular flexibility index (Phi) is 4.76. The molecule has 0 radical (unpaired) electrons. The summed E-state index contributed by atoms with van der Waals surface area (Å²) in [7, 11) is 0. The lowest BCUT2D eigenvalue weighted by Crippen LogP contribution is -2.54. The van der Waals surface area contributed by atoms with Gasteiger partial charge >= 0.3 is 0 Å². The molecule has 0 aromatic heterocycles. The van der Waals surface area contributed by atoms with Gasteiger partial charge in [-0.3, -0.25) is 9.59 Å². The van der Waals surface area contributed by atoms with Crippen molar-refractivity contribution >= 4 is 17.4 Å². The molecule has 0 aromatic rings. The highest BCUT2D eigenvalue weighted by Crippen LogP contribution is 2.61. The summed E-state index contributed by atoms with van der Waals surface area (Å²) in [5.74, 6) is 1.83. The number of rotatable bonds is 2. The van der Waals surface area contributed by atoms with E-state index in [4.69, 9.17) is 4.84 Å². The normalized spacial score (nSPS) is 48.5. The molecule has 0 aromatic carbocycles. The van der Waals surface area contributed by atoms with Crippen molar-refractivity contribution in [2.24, 2.45) is 33.7 Å². The first-order chi connectivity index (χ1) is 13.9. The Morgan fingerprint density at radius 3 is 2.69 bits per heavy atom. The van der Waals surface area contributed by atoms with Crippen LogP contribution in [0.1, 0.15) is 71.6 Å². The number of hydrogen-bond donors (Lipinski definition) is 2. The van der Waals surface area contributed by atoms with Crippen molar-refractivity contribution in [2.45, 2.75) is 83.8 Å². The lowest BCUT2D eigenvalue weighted by atomic mass is 9.51. The maximum Gasteiger partial charge on any atom is 0.220 e. The number of oxime groups is 1. The molecule has 0 spiro atoms. The van der Waals surface area contributed by atoms with Gasteiger partial charge in [0.2, 0.25) is 5.91 Å². The highest BCUT2D eigenvalue weighted by molar-refractivity contribution is 5.88. The van der Waals surface area contributed by atoms with Crippen LogP contribution in [-0.4, -0.2) is 42.6 Å². The average molecular weight is 402 g/mol. The Balaban J connectivity index is 1.37. The number of carbonyl (C=O) groups excluding carboxylic acids is 2. The number of amides is 1. The van der Waals surface area contributed by atoms with E-state index >= 15 is 0 Å². The van der Waals surface area contributed by atoms with Gasteiger partial charge in [0.15, 0.2) is 0 Å². The number of nitrogens with zero attached hydrogens (tertiary/aromatic N) is 1. The molecule has 2 N–H and O–H groups in total. The molecule has 160 valence electrons. The molecule has 2 saturated heterocycles. The van der Waals surface area contributed by atoms with Crippen LogP contribution < -0.4 is 10.6 Å². The SMILES string of the molecule is C[C@]12CC/C(=N/O[C@@H]3CCNC3)CC1NC(=O)C[C@@H]1[C@@H]2CC[C@]2(C)C(=O)CC[C@@H]12. The summed E-state index contributed by atoms with van der Waals surface area (Å²) in [6.07, 6.45) is 8.31. The van der Waals surface area contributed by atoms with Crippen LogP contribution in [0.2, 0.25) is 0 Å². The zero-order valence-electron chi connectivity index (χ0n) is 17.8. The third-order valence-corrected chi connectivity index (χ3v) is 9.28. The highest BCUT2D eigenvalue weighted by Gasteiger charge is 2.60. The zero-order valence-corrected chi connectivity index (χ0v) is 17.8. The van der Waals surface area contributed by atoms with E-state index in [1.807, 2.05) is 0 Å². The smallest absolute Gasteiger partial charge is 0.220 e. The van der Waals surface area contributed by atoms with Gasteiger partial charge in [-0.15, -0.1) is 0 Å². The summed E-state index contributed by atoms with van der Waals surface area (Å²) in [6, 6.07) is 0.129. The zero-order chi connectivity index (χ0) is 20.2. The summed E-state index contributed by atoms with van der Waals surface area (Å²) in [5, 5.41) is 11.2. The lowest BCUT2D eigenvalue weighted by Gasteiger charge is -2.53. The first-order valence-electron chi connectivity index (χ1n) is 11.6. The first kappa shape index (κ1) is 19.5. The summed E-state index contributed by atoms with van der Waals surface area (Å²) < 4.78 is 0. The van der Waals surface area contributed by atoms with Crippen LogP contribution >= 0.6 is 0 Å². The van der Waals surface area contributed by atoms with E-state index in [-0.39, 0.29) is 28.9 Å². The molecule has 5 fully saturated rings. The van der Waals surface area contributed by atoms with Gasteiger partial charge in [0.1, 0.15) is 11.9 Å². The quantitative estimate of drug-likeness (QED) is 0.698. The number of Topliss-reactive ketones (excluding diaryl/α,β-unsaturated/α-hetero) is 1. The second-order valence-corrected chi connectivity index (χ2v) is 10.7. The second-order valence-electron chi connectivity index (χ2n) is 10.7. The van der Waals surface area contributed by atoms with E-state index in [1.54, 1.807) is 0 Å². The Hall–Kier alpha value is -1.43. The fourth-order valence-corrected chi connectivity index (χ4v) is 7.40. The number of ketones is 1. The number of hydrogen-bond acceptors (Lipinski definition) is 5. The molecular formula is C23H35N3O3. The highest BCUT2D eigenvalue weighted by atomic mass is 16.6. The minimum Gasteiger partial charge on any atom is -0.391 e. The topological polar surface area (TPSA) is 79.8 Å². The Morgan fingerprint density at radius 1 is 1.03 bits per heavy atom. The van der Waals surface area contributed by atoms with Crippen LogP contribution in [-0.2, 0) is 14.4 Å². The predicted octanol–water partition coefficient (Wildman–Crippen LogP) is 2.81. The fraction of sp³-hybridized carbons (Fsp3) is 0.870. The van der Waals surface area contributed by atoms with Crippen LogP contribution in [0.4, 0.5) is 0 Å². The molecule has 3 saturated carbocycles. The maximum absolute atomic E-state index is 12.9. The standard InChI is InChI=1S/C23H35N3O3/c1-22-8-5-14(26-29-15-7-10-24-13-15)11-19(22)25-21(28)12-16-17-3-4-20(27)23(17,2)9-6-18(16)22/h15-19,24H,3-13H2,1-2H3,(H,25,28)/b26-14-/t15-,16+,17+,18+,19?,22-,23+/m1/s1. The van der Waals surface area contributed by atoms with E-state index in [9.17, 15) is 9.59 Å². The van der Waals surface area contributed by atoms with Gasteiger partial charge < -0.3 is 15.5 Å². The van der Waals surface area contributed by atoms with Gasteiger partial charge in [-0.1, -0.05) is 19.0 Å². The maximum atomic E-state index is 12.9. The molecule has 29 heavy (non-hydrogen) atoms. The largest absolute Gasteiger partial charge is 0.391 e. The summed E-state index contributed by atoms with van der Waals surface area (Å²) in [4.78, 5) is 31.3. The van der Waals surface area contributed by atoms with E-state index < -0.39 is 0 Å². The molecule has 2 aliphatic heterocycles. The van der Waals surface area contributed by atoms with Crippen molar-refractivity contribution in [2.75, 3.05) is 13.1 Å². The van der Waals surface area contributed by atoms with Crippen molar-refractivity contribution < 1.29 is 14.4 Å². The lowest BCUT2D eigenvalue weighted by molar-refractivity contribution is -0.133. The average Bonchev–Trinajstić information content (AvgIpc) is 3.28. The van der Waals surface area contributed by atoms with Gasteiger partial charge in [-0.25, -0.2) is 0 Å². The molecule has 6 nitrogen and oxygen atoms in total. The minimum atomic E-state index is -0.192. The Bertz CT molecular complexity index is 731. The van der Waals surface area contributed by atoms with Gasteiger partial charge in [0.25, 0.3) is 0 Å². The Morgan fingerprint density at radius 2 is 1.90 bits per heavy atom. The molecule has 1 amide bonds. The minimum absolute atomic E-state index is 0.0811. The molecule has 0 bridgehead atoms. The molecule has 1 unspecified atom stereocenters. The molecule has 5 aliphatic rings. The molecule has 2 heterocycles. The van der Waals surface area contributed by atoms with Crippen molar-refractivity contribution in [3.63, 3.8) is 0 Å². The molecule has 5 rings (SSSR count). The van der Waals surface area contributed by atoms with E-state index in [1.165, 1.54) is 0 Å². The third-order valence-electron chi connectivity index (χ3n) is 9.28. The summed E-state index contributed by atoms with van der Waals surface area (Å²) >= 11 is 0. The molecule has 6 heteroatoms. The van der Waals surface area contributed by atoms with Crippen LogP contribution in [0.3, 0.4) is 0 Å². The van der Waals surface area contributed by atoms with Crippen molar-refractivity contribution in [1.82, 2.24) is 10.6 Å². The fourth-order valence-electron chi connectivity index (χ4n) is 7.40. The van der Waals surface area contributed by atoms with Crippen LogP contribution in [0, 0.1) is 28.6 Å². The first-order valence-corrected chi connectivity index (χ1v) is 11.6. The van der Waals surface area contributed by atoms with E-state index in [0.29, 0.717) is 36.4 Å². The summed E-state index contributed by atoms with van der Waals surface area (Å²) in [5.41, 5.74) is 0.981. The number of fused-ring (bicyclic) bond motifs is 5. The Labute approximate surface area is 173 Å². The second kappa shape index (κ2) is 7.07. The van der Waals surface area contributed by atoms with Crippen molar-refractivity contribution in [3.05, 3.63) is 0 Å². The van der Waals surface area contributed by atoms with Gasteiger partial charge in [0.05, 0.1) is 5.71 Å². The van der Waals surface area contributed by atoms with Crippen LogP contribution in [0.15, 0.2) is 5.16 Å². The van der Waals surface area contributed by atoms with E-state index in [2.05, 4.69) is 29.6 Å². The molecule has 7 atom stereocenters. The predicted molar refractivity (Wildman–Crippen MR) is 110 cm³/mol. The van der Waals surface area contributed by atoms with Crippen molar-refractivity contribution in [1.29, 1.82) is 0 Å². The van der Waals surface area contributed by atoms with Crippen LogP contribution in [0.5, 0.6) is 0 Å². The third kappa shape index (κ3) is 3.13. The van der Waals surface area contributed by atoms with Crippen LogP contribution in [0.25, 0.3) is 0 Å². The van der Waals surface area contributed by atoms with Gasteiger partial charge in [-0.2, -0.15) is 0 Å². The number of nitrogens with one attached hydrogen (secondary N) is 2. The summed E-state index contributed by atoms with van der Waals surface area (Å²) in [6.45, 7) is 6.43. The van der Waals surface area contributed by atoms with Crippen molar-refractivity contribution in [3.8, 4) is 0 Å². The van der Waals surface area contributed by atoms with Gasteiger partial charge in [0, 0.05) is 43.7 Å². The van der Waals surface area contributed by atoms with Gasteiger partial charge in [-0.05, 0) is 61.8 Å². The van der Waals surface area contributed by atoms with E-state index in [0.717, 1.165) is 63.7 Å². The monoisotopic (exact) mass is 401 g/mol. The number of carbonyl (C=O) groups is 2. The molecule has 3 aliphatic carbocycles. The molecular weight excluding hydrogens is 366 g/mol.